The van der Waals surface area contributed by atoms with Crippen molar-refractivity contribution in [1.29, 1.82) is 0 Å². The van der Waals surface area contributed by atoms with E-state index in [1.807, 2.05) is 0 Å². The van der Waals surface area contributed by atoms with E-state index < -0.39 is 5.97 Å². The van der Waals surface area contributed by atoms with Gasteiger partial charge in [-0.15, -0.1) is 0 Å². The highest BCUT2D eigenvalue weighted by Gasteiger charge is 2.28. The van der Waals surface area contributed by atoms with Gasteiger partial charge >= 0.3 is 5.97 Å². The number of carbonyl (C=O) groups excluding carboxylic acids is 1. The molecule has 1 aromatic carbocycles. The molecular formula is C15H18ClNO3. The van der Waals surface area contributed by atoms with Crippen molar-refractivity contribution in [3.05, 3.63) is 34.9 Å². The Morgan fingerprint density at radius 1 is 1.30 bits per heavy atom. The van der Waals surface area contributed by atoms with E-state index in [1.165, 1.54) is 0 Å². The summed E-state index contributed by atoms with van der Waals surface area (Å²) in [7, 11) is 0. The van der Waals surface area contributed by atoms with Crippen LogP contribution in [0.25, 0.3) is 0 Å². The zero-order chi connectivity index (χ0) is 14.5. The Morgan fingerprint density at radius 2 is 2.05 bits per heavy atom. The minimum Gasteiger partial charge on any atom is -0.481 e. The number of nitrogens with zero attached hydrogens (tertiary/aromatic N) is 1. The van der Waals surface area contributed by atoms with Crippen molar-refractivity contribution in [3.8, 4) is 0 Å². The zero-order valence-electron chi connectivity index (χ0n) is 11.2. The predicted octanol–water partition coefficient (Wildman–Crippen LogP) is 3.20. The number of hydrogen-bond donors (Lipinski definition) is 1. The Labute approximate surface area is 123 Å². The van der Waals surface area contributed by atoms with Crippen LogP contribution in [0.2, 0.25) is 5.02 Å². The molecule has 0 spiro atoms. The smallest absolute Gasteiger partial charge is 0.303 e. The second kappa shape index (κ2) is 6.75. The zero-order valence-corrected chi connectivity index (χ0v) is 12.0. The number of aliphatic carboxylic acids is 1. The summed E-state index contributed by atoms with van der Waals surface area (Å²) in [4.78, 5) is 25.1. The van der Waals surface area contributed by atoms with E-state index >= 15 is 0 Å². The molecule has 0 aromatic heterocycles. The average molecular weight is 296 g/mol. The Morgan fingerprint density at radius 3 is 2.75 bits per heavy atom. The lowest BCUT2D eigenvalue weighted by atomic mass is 9.97. The van der Waals surface area contributed by atoms with Crippen LogP contribution in [0.15, 0.2) is 24.3 Å². The topological polar surface area (TPSA) is 57.6 Å². The van der Waals surface area contributed by atoms with Crippen molar-refractivity contribution < 1.29 is 14.7 Å². The third-order valence-electron chi connectivity index (χ3n) is 3.68. The van der Waals surface area contributed by atoms with Crippen LogP contribution >= 0.6 is 11.6 Å². The highest BCUT2D eigenvalue weighted by atomic mass is 35.5. The minimum atomic E-state index is -0.819. The van der Waals surface area contributed by atoms with Crippen molar-refractivity contribution in [2.75, 3.05) is 6.54 Å². The van der Waals surface area contributed by atoms with Gasteiger partial charge in [0.25, 0.3) is 5.91 Å². The summed E-state index contributed by atoms with van der Waals surface area (Å²) in [6.07, 6.45) is 3.46. The molecule has 1 aliphatic rings. The molecule has 4 nitrogen and oxygen atoms in total. The van der Waals surface area contributed by atoms with Crippen LogP contribution in [0.3, 0.4) is 0 Å². The number of likely N-dealkylation sites (tertiary alicyclic amines) is 1. The van der Waals surface area contributed by atoms with Crippen LogP contribution in [0.1, 0.15) is 42.5 Å². The lowest BCUT2D eigenvalue weighted by molar-refractivity contribution is -0.137. The molecular weight excluding hydrogens is 278 g/mol. The van der Waals surface area contributed by atoms with Gasteiger partial charge in [-0.25, -0.2) is 0 Å². The molecule has 1 fully saturated rings. The predicted molar refractivity (Wildman–Crippen MR) is 77.0 cm³/mol. The first-order chi connectivity index (χ1) is 9.59. The summed E-state index contributed by atoms with van der Waals surface area (Å²) in [5.41, 5.74) is 0.497. The number of amides is 1. The quantitative estimate of drug-likeness (QED) is 0.928. The van der Waals surface area contributed by atoms with Crippen LogP contribution in [0.4, 0.5) is 0 Å². The summed E-state index contributed by atoms with van der Waals surface area (Å²) in [5, 5.41) is 9.25. The molecule has 0 saturated carbocycles. The van der Waals surface area contributed by atoms with Gasteiger partial charge in [0.1, 0.15) is 0 Å². The first kappa shape index (κ1) is 14.9. The second-order valence-corrected chi connectivity index (χ2v) is 5.47. The SMILES string of the molecule is O=C(O)CCC1CCCCN1C(=O)c1ccccc1Cl. The molecule has 0 radical (unpaired) electrons. The van der Waals surface area contributed by atoms with E-state index in [1.54, 1.807) is 29.2 Å². The fourth-order valence-electron chi connectivity index (χ4n) is 2.65. The maximum absolute atomic E-state index is 12.6. The van der Waals surface area contributed by atoms with Gasteiger partial charge in [0.2, 0.25) is 0 Å². The highest BCUT2D eigenvalue weighted by Crippen LogP contribution is 2.25. The van der Waals surface area contributed by atoms with E-state index in [2.05, 4.69) is 0 Å². The summed E-state index contributed by atoms with van der Waals surface area (Å²) < 4.78 is 0. The minimum absolute atomic E-state index is 0.00335. The fourth-order valence-corrected chi connectivity index (χ4v) is 2.86. The summed E-state index contributed by atoms with van der Waals surface area (Å²) in [6, 6.07) is 6.99. The largest absolute Gasteiger partial charge is 0.481 e. The van der Waals surface area contributed by atoms with Crippen LogP contribution in [0, 0.1) is 0 Å². The van der Waals surface area contributed by atoms with Gasteiger partial charge in [-0.05, 0) is 37.8 Å². The number of benzene rings is 1. The van der Waals surface area contributed by atoms with Crippen molar-refractivity contribution in [2.45, 2.75) is 38.1 Å². The van der Waals surface area contributed by atoms with Crippen molar-refractivity contribution >= 4 is 23.5 Å². The number of hydrogen-bond acceptors (Lipinski definition) is 2. The maximum Gasteiger partial charge on any atom is 0.303 e. The summed E-state index contributed by atoms with van der Waals surface area (Å²) >= 11 is 6.07. The Kier molecular flexibility index (Phi) is 5.01. The van der Waals surface area contributed by atoms with Gasteiger partial charge in [0.15, 0.2) is 0 Å². The van der Waals surface area contributed by atoms with Crippen molar-refractivity contribution in [3.63, 3.8) is 0 Å². The van der Waals surface area contributed by atoms with Gasteiger partial charge in [-0.1, -0.05) is 23.7 Å². The number of carbonyl (C=O) groups is 2. The number of rotatable bonds is 4. The van der Waals surface area contributed by atoms with Gasteiger partial charge < -0.3 is 10.0 Å². The third kappa shape index (κ3) is 3.51. The van der Waals surface area contributed by atoms with Crippen LogP contribution < -0.4 is 0 Å². The lowest BCUT2D eigenvalue weighted by Crippen LogP contribution is -2.44. The first-order valence-corrected chi connectivity index (χ1v) is 7.24. The molecule has 1 atom stereocenters. The molecule has 20 heavy (non-hydrogen) atoms. The van der Waals surface area contributed by atoms with Crippen LogP contribution in [0.5, 0.6) is 0 Å². The molecule has 1 aliphatic heterocycles. The molecule has 5 heteroatoms. The molecule has 1 heterocycles. The highest BCUT2D eigenvalue weighted by molar-refractivity contribution is 6.33. The Balaban J connectivity index is 2.13. The molecule has 1 aromatic rings. The van der Waals surface area contributed by atoms with Crippen LogP contribution in [-0.4, -0.2) is 34.5 Å². The van der Waals surface area contributed by atoms with Gasteiger partial charge in [0, 0.05) is 19.0 Å². The van der Waals surface area contributed by atoms with E-state index in [-0.39, 0.29) is 18.4 Å². The molecule has 1 saturated heterocycles. The summed E-state index contributed by atoms with van der Waals surface area (Å²) in [5.74, 6) is -0.911. The molecule has 108 valence electrons. The van der Waals surface area contributed by atoms with Crippen molar-refractivity contribution in [1.82, 2.24) is 4.90 Å². The van der Waals surface area contributed by atoms with E-state index in [0.717, 1.165) is 19.3 Å². The molecule has 0 bridgehead atoms. The maximum atomic E-state index is 12.6. The number of piperidine rings is 1. The van der Waals surface area contributed by atoms with Crippen LogP contribution in [-0.2, 0) is 4.79 Å². The number of carboxylic acid groups (broad SMARTS) is 1. The van der Waals surface area contributed by atoms with E-state index in [0.29, 0.717) is 23.6 Å². The van der Waals surface area contributed by atoms with Crippen molar-refractivity contribution in [2.24, 2.45) is 0 Å². The lowest BCUT2D eigenvalue weighted by Gasteiger charge is -2.36. The molecule has 0 aliphatic carbocycles. The Bertz CT molecular complexity index is 504. The number of carboxylic acids is 1. The standard InChI is InChI=1S/C15H18ClNO3/c16-13-7-2-1-6-12(13)15(20)17-10-4-3-5-11(17)8-9-14(18)19/h1-2,6-7,11H,3-5,8-10H2,(H,18,19). The normalized spacial score (nSPS) is 18.9. The van der Waals surface area contributed by atoms with Gasteiger partial charge in [-0.2, -0.15) is 0 Å². The number of halogens is 1. The average Bonchev–Trinajstić information content (AvgIpc) is 2.45. The third-order valence-corrected chi connectivity index (χ3v) is 4.01. The second-order valence-electron chi connectivity index (χ2n) is 5.06. The van der Waals surface area contributed by atoms with E-state index in [9.17, 15) is 9.59 Å². The molecule has 2 rings (SSSR count). The fraction of sp³-hybridized carbons (Fsp3) is 0.467. The van der Waals surface area contributed by atoms with Gasteiger partial charge in [-0.3, -0.25) is 9.59 Å². The molecule has 1 amide bonds. The molecule has 1 unspecified atom stereocenters. The summed E-state index contributed by atoms with van der Waals surface area (Å²) in [6.45, 7) is 0.675. The molecule has 1 N–H and O–H groups in total. The monoisotopic (exact) mass is 295 g/mol. The first-order valence-electron chi connectivity index (χ1n) is 6.87. The van der Waals surface area contributed by atoms with Gasteiger partial charge in [0.05, 0.1) is 10.6 Å². The van der Waals surface area contributed by atoms with E-state index in [4.69, 9.17) is 16.7 Å². The Hall–Kier alpha value is -1.55.